The van der Waals surface area contributed by atoms with Gasteiger partial charge < -0.3 is 0 Å². The Kier molecular flexibility index (Phi) is 12.1. The zero-order chi connectivity index (χ0) is 17.7. The van der Waals surface area contributed by atoms with E-state index in [-0.39, 0.29) is 0 Å². The zero-order valence-corrected chi connectivity index (χ0v) is 15.6. The van der Waals surface area contributed by atoms with Gasteiger partial charge in [-0.3, -0.25) is 0 Å². The van der Waals surface area contributed by atoms with Crippen molar-refractivity contribution >= 4 is 0 Å². The summed E-state index contributed by atoms with van der Waals surface area (Å²) in [6.07, 6.45) is 15.3. The topological polar surface area (TPSA) is 23.8 Å². The molecule has 0 aliphatic carbocycles. The van der Waals surface area contributed by atoms with Gasteiger partial charge in [-0.25, -0.2) is 0 Å². The molecule has 0 N–H and O–H groups in total. The Balaban J connectivity index is 5.16. The second kappa shape index (κ2) is 12.9. The van der Waals surface area contributed by atoms with Crippen LogP contribution in [0.4, 0.5) is 0 Å². The van der Waals surface area contributed by atoms with Crippen molar-refractivity contribution in [2.75, 3.05) is 0 Å². The lowest BCUT2D eigenvalue weighted by molar-refractivity contribution is 0.176. The van der Waals surface area contributed by atoms with Gasteiger partial charge in [-0.15, -0.1) is 0 Å². The van der Waals surface area contributed by atoms with Crippen LogP contribution in [-0.2, 0) is 0 Å². The van der Waals surface area contributed by atoms with Gasteiger partial charge in [0.25, 0.3) is 0 Å². The monoisotopic (exact) mass is 313 g/mol. The van der Waals surface area contributed by atoms with Crippen molar-refractivity contribution in [3.63, 3.8) is 0 Å². The minimum Gasteiger partial charge on any atom is -0.198 e. The number of rotatable bonds is 12. The molecular formula is C22H35N. The van der Waals surface area contributed by atoms with Crippen LogP contribution >= 0.6 is 0 Å². The van der Waals surface area contributed by atoms with Crippen LogP contribution in [0.25, 0.3) is 0 Å². The van der Waals surface area contributed by atoms with E-state index in [9.17, 15) is 0 Å². The van der Waals surface area contributed by atoms with Gasteiger partial charge >= 0.3 is 0 Å². The summed E-state index contributed by atoms with van der Waals surface area (Å²) < 4.78 is 0. The van der Waals surface area contributed by atoms with Gasteiger partial charge in [0.1, 0.15) is 0 Å². The lowest BCUT2D eigenvalue weighted by atomic mass is 9.70. The number of hydrogen-bond donors (Lipinski definition) is 0. The van der Waals surface area contributed by atoms with Gasteiger partial charge in [-0.1, -0.05) is 82.7 Å². The van der Waals surface area contributed by atoms with Crippen LogP contribution in [0, 0.1) is 35.0 Å². The molecule has 0 aromatic carbocycles. The van der Waals surface area contributed by atoms with E-state index < -0.39 is 0 Å². The zero-order valence-electron chi connectivity index (χ0n) is 15.6. The predicted octanol–water partition coefficient (Wildman–Crippen LogP) is 6.86. The lowest BCUT2D eigenvalue weighted by Crippen LogP contribution is -2.27. The first-order valence-corrected chi connectivity index (χ1v) is 8.98. The first kappa shape index (κ1) is 21.4. The molecule has 1 nitrogen and oxygen atoms in total. The standard InChI is InChI=1S/C22H35N/c1-7-10-14-18(4)17-20(6)21(13-9-3)22(15-11-16-23)19(5)12-8-2/h7-8,10,12,14,19-22H,1,4,9,11,13,15,17H2,2-3,5-6H3. The molecule has 0 bridgehead atoms. The molecule has 0 aromatic heterocycles. The van der Waals surface area contributed by atoms with Gasteiger partial charge in [0.2, 0.25) is 0 Å². The van der Waals surface area contributed by atoms with Gasteiger partial charge in [-0.05, 0) is 43.4 Å². The van der Waals surface area contributed by atoms with Crippen molar-refractivity contribution in [3.05, 3.63) is 49.1 Å². The lowest BCUT2D eigenvalue weighted by Gasteiger charge is -2.35. The fourth-order valence-corrected chi connectivity index (χ4v) is 3.64. The van der Waals surface area contributed by atoms with Crippen molar-refractivity contribution < 1.29 is 0 Å². The summed E-state index contributed by atoms with van der Waals surface area (Å²) in [5, 5.41) is 9.02. The number of nitrogens with zero attached hydrogens (tertiary/aromatic N) is 1. The molecule has 4 unspecified atom stereocenters. The molecular weight excluding hydrogens is 278 g/mol. The van der Waals surface area contributed by atoms with Crippen LogP contribution < -0.4 is 0 Å². The predicted molar refractivity (Wildman–Crippen MR) is 103 cm³/mol. The SMILES string of the molecule is C=CC=CC(=C)CC(C)C(CCC)C(CCC#N)C(C)C=CC. The van der Waals surface area contributed by atoms with Crippen molar-refractivity contribution in [1.82, 2.24) is 0 Å². The highest BCUT2D eigenvalue weighted by molar-refractivity contribution is 5.18. The summed E-state index contributed by atoms with van der Waals surface area (Å²) in [6, 6.07) is 2.34. The van der Waals surface area contributed by atoms with Crippen LogP contribution in [0.1, 0.15) is 59.8 Å². The smallest absolute Gasteiger partial charge is 0.0621 e. The summed E-state index contributed by atoms with van der Waals surface area (Å²) in [4.78, 5) is 0. The van der Waals surface area contributed by atoms with E-state index in [1.165, 1.54) is 12.8 Å². The third kappa shape index (κ3) is 8.60. The summed E-state index contributed by atoms with van der Waals surface area (Å²) >= 11 is 0. The molecule has 0 fully saturated rings. The Labute approximate surface area is 144 Å². The molecule has 0 aliphatic heterocycles. The summed E-state index contributed by atoms with van der Waals surface area (Å²) in [5.74, 6) is 2.29. The Morgan fingerprint density at radius 2 is 1.91 bits per heavy atom. The summed E-state index contributed by atoms with van der Waals surface area (Å²) in [6.45, 7) is 16.9. The average molecular weight is 314 g/mol. The second-order valence-electron chi connectivity index (χ2n) is 6.63. The quantitative estimate of drug-likeness (QED) is 0.285. The Morgan fingerprint density at radius 1 is 1.22 bits per heavy atom. The first-order valence-electron chi connectivity index (χ1n) is 8.98. The third-order valence-electron chi connectivity index (χ3n) is 4.72. The van der Waals surface area contributed by atoms with Crippen LogP contribution in [-0.4, -0.2) is 0 Å². The molecule has 1 heteroatoms. The maximum absolute atomic E-state index is 9.02. The van der Waals surface area contributed by atoms with Crippen molar-refractivity contribution in [2.24, 2.45) is 23.7 Å². The Morgan fingerprint density at radius 3 is 2.43 bits per heavy atom. The summed E-state index contributed by atoms with van der Waals surface area (Å²) in [5.41, 5.74) is 1.16. The Bertz CT molecular complexity index is 435. The number of allylic oxidation sites excluding steroid dienone is 6. The van der Waals surface area contributed by atoms with Gasteiger partial charge in [-0.2, -0.15) is 5.26 Å². The van der Waals surface area contributed by atoms with Crippen molar-refractivity contribution in [1.29, 1.82) is 5.26 Å². The summed E-state index contributed by atoms with van der Waals surface area (Å²) in [7, 11) is 0. The van der Waals surface area contributed by atoms with E-state index in [1.807, 2.05) is 6.08 Å². The molecule has 0 saturated carbocycles. The second-order valence-corrected chi connectivity index (χ2v) is 6.63. The Hall–Kier alpha value is -1.55. The molecule has 0 radical (unpaired) electrons. The van der Waals surface area contributed by atoms with Crippen LogP contribution in [0.15, 0.2) is 49.1 Å². The van der Waals surface area contributed by atoms with Gasteiger partial charge in [0, 0.05) is 6.42 Å². The number of hydrogen-bond acceptors (Lipinski definition) is 1. The minimum atomic E-state index is 0.518. The maximum Gasteiger partial charge on any atom is 0.0621 e. The van der Waals surface area contributed by atoms with E-state index in [0.717, 1.165) is 18.4 Å². The largest absolute Gasteiger partial charge is 0.198 e. The molecule has 4 atom stereocenters. The van der Waals surface area contributed by atoms with E-state index in [4.69, 9.17) is 5.26 Å². The van der Waals surface area contributed by atoms with E-state index >= 15 is 0 Å². The molecule has 0 aliphatic rings. The molecule has 0 amide bonds. The highest BCUT2D eigenvalue weighted by Crippen LogP contribution is 2.37. The van der Waals surface area contributed by atoms with Crippen LogP contribution in [0.5, 0.6) is 0 Å². The normalized spacial score (nSPS) is 16.8. The van der Waals surface area contributed by atoms with Gasteiger partial charge in [0.05, 0.1) is 6.07 Å². The molecule has 0 spiro atoms. The van der Waals surface area contributed by atoms with Crippen molar-refractivity contribution in [2.45, 2.75) is 59.8 Å². The molecule has 0 rings (SSSR count). The van der Waals surface area contributed by atoms with E-state index in [1.54, 1.807) is 6.08 Å². The van der Waals surface area contributed by atoms with E-state index in [2.05, 4.69) is 65.2 Å². The molecule has 128 valence electrons. The number of nitriles is 1. The maximum atomic E-state index is 9.02. The fourth-order valence-electron chi connectivity index (χ4n) is 3.64. The van der Waals surface area contributed by atoms with Crippen LogP contribution in [0.2, 0.25) is 0 Å². The molecule has 0 aromatic rings. The van der Waals surface area contributed by atoms with Gasteiger partial charge in [0.15, 0.2) is 0 Å². The minimum absolute atomic E-state index is 0.518. The molecule has 0 heterocycles. The molecule has 23 heavy (non-hydrogen) atoms. The first-order chi connectivity index (χ1) is 11.0. The highest BCUT2D eigenvalue weighted by Gasteiger charge is 2.29. The highest BCUT2D eigenvalue weighted by atomic mass is 14.3. The average Bonchev–Trinajstić information content (AvgIpc) is 2.52. The van der Waals surface area contributed by atoms with Crippen LogP contribution in [0.3, 0.4) is 0 Å². The van der Waals surface area contributed by atoms with E-state index in [0.29, 0.717) is 30.1 Å². The fraction of sp³-hybridized carbons (Fsp3) is 0.591. The molecule has 0 saturated heterocycles. The van der Waals surface area contributed by atoms with Crippen molar-refractivity contribution in [3.8, 4) is 6.07 Å². The third-order valence-corrected chi connectivity index (χ3v) is 4.72.